The molecule has 5 nitrogen and oxygen atoms in total. The summed E-state index contributed by atoms with van der Waals surface area (Å²) in [5, 5.41) is 21.0. The van der Waals surface area contributed by atoms with E-state index < -0.39 is 0 Å². The van der Waals surface area contributed by atoms with Crippen molar-refractivity contribution in [3.63, 3.8) is 0 Å². The van der Waals surface area contributed by atoms with Crippen molar-refractivity contribution in [3.8, 4) is 0 Å². The minimum absolute atomic E-state index is 0.149. The second-order valence-electron chi connectivity index (χ2n) is 5.27. The van der Waals surface area contributed by atoms with Gasteiger partial charge in [-0.3, -0.25) is 4.90 Å². The fourth-order valence-electron chi connectivity index (χ4n) is 2.60. The maximum atomic E-state index is 9.04. The van der Waals surface area contributed by atoms with Gasteiger partial charge >= 0.3 is 0 Å². The summed E-state index contributed by atoms with van der Waals surface area (Å²) in [5.74, 6) is 0.149. The SMILES string of the molecule is N/C(=N/O)c1ccccc1CN(CCCO)C1CCC1. The van der Waals surface area contributed by atoms with Crippen LogP contribution in [0.2, 0.25) is 0 Å². The first-order chi connectivity index (χ1) is 9.76. The average Bonchev–Trinajstić information content (AvgIpc) is 2.42. The van der Waals surface area contributed by atoms with Crippen LogP contribution in [0.25, 0.3) is 0 Å². The van der Waals surface area contributed by atoms with E-state index in [9.17, 15) is 0 Å². The number of hydrogen-bond donors (Lipinski definition) is 3. The number of rotatable bonds is 7. The third-order valence-electron chi connectivity index (χ3n) is 3.97. The molecule has 4 N–H and O–H groups in total. The van der Waals surface area contributed by atoms with Gasteiger partial charge in [0.05, 0.1) is 0 Å². The molecule has 0 amide bonds. The first-order valence-electron chi connectivity index (χ1n) is 7.17. The Morgan fingerprint density at radius 3 is 2.70 bits per heavy atom. The average molecular weight is 277 g/mol. The summed E-state index contributed by atoms with van der Waals surface area (Å²) < 4.78 is 0. The lowest BCUT2D eigenvalue weighted by Crippen LogP contribution is -2.40. The first-order valence-corrected chi connectivity index (χ1v) is 7.17. The Kier molecular flexibility index (Phi) is 5.38. The summed E-state index contributed by atoms with van der Waals surface area (Å²) in [6, 6.07) is 8.34. The molecule has 1 saturated carbocycles. The van der Waals surface area contributed by atoms with Gasteiger partial charge < -0.3 is 16.0 Å². The van der Waals surface area contributed by atoms with Gasteiger partial charge in [-0.15, -0.1) is 0 Å². The Morgan fingerprint density at radius 1 is 1.35 bits per heavy atom. The molecule has 0 bridgehead atoms. The van der Waals surface area contributed by atoms with Crippen LogP contribution >= 0.6 is 0 Å². The molecule has 2 rings (SSSR count). The highest BCUT2D eigenvalue weighted by Crippen LogP contribution is 2.27. The van der Waals surface area contributed by atoms with E-state index in [0.717, 1.165) is 30.6 Å². The predicted molar refractivity (Wildman–Crippen MR) is 78.7 cm³/mol. The van der Waals surface area contributed by atoms with E-state index in [1.165, 1.54) is 19.3 Å². The largest absolute Gasteiger partial charge is 0.409 e. The maximum absolute atomic E-state index is 9.04. The lowest BCUT2D eigenvalue weighted by Gasteiger charge is -2.38. The van der Waals surface area contributed by atoms with Crippen molar-refractivity contribution in [2.45, 2.75) is 38.3 Å². The molecule has 1 aromatic carbocycles. The van der Waals surface area contributed by atoms with Gasteiger partial charge in [-0.05, 0) is 24.8 Å². The molecule has 110 valence electrons. The van der Waals surface area contributed by atoms with Crippen molar-refractivity contribution in [2.24, 2.45) is 10.9 Å². The van der Waals surface area contributed by atoms with Crippen molar-refractivity contribution < 1.29 is 10.3 Å². The molecule has 0 spiro atoms. The van der Waals surface area contributed by atoms with Crippen LogP contribution in [0.5, 0.6) is 0 Å². The van der Waals surface area contributed by atoms with E-state index in [1.54, 1.807) is 0 Å². The standard InChI is InChI=1S/C15H23N3O2/c16-15(17-20)14-8-2-1-5-12(14)11-18(9-4-10-19)13-6-3-7-13/h1-2,5,8,13,19-20H,3-4,6-7,9-11H2,(H2,16,17). The molecule has 0 heterocycles. The van der Waals surface area contributed by atoms with Gasteiger partial charge in [-0.1, -0.05) is 35.8 Å². The third-order valence-corrected chi connectivity index (χ3v) is 3.97. The van der Waals surface area contributed by atoms with Crippen LogP contribution in [-0.2, 0) is 6.54 Å². The molecule has 0 aliphatic heterocycles. The zero-order valence-corrected chi connectivity index (χ0v) is 11.7. The smallest absolute Gasteiger partial charge is 0.170 e. The highest BCUT2D eigenvalue weighted by atomic mass is 16.4. The van der Waals surface area contributed by atoms with Crippen LogP contribution in [0.3, 0.4) is 0 Å². The number of hydrogen-bond acceptors (Lipinski definition) is 4. The van der Waals surface area contributed by atoms with Crippen LogP contribution < -0.4 is 5.73 Å². The van der Waals surface area contributed by atoms with Gasteiger partial charge in [0.2, 0.25) is 0 Å². The van der Waals surface area contributed by atoms with Crippen LogP contribution in [0, 0.1) is 0 Å². The van der Waals surface area contributed by atoms with Crippen LogP contribution in [0.4, 0.5) is 0 Å². The Labute approximate surface area is 119 Å². The lowest BCUT2D eigenvalue weighted by atomic mass is 9.90. The minimum atomic E-state index is 0.149. The van der Waals surface area contributed by atoms with E-state index in [-0.39, 0.29) is 12.4 Å². The monoisotopic (exact) mass is 277 g/mol. The quantitative estimate of drug-likeness (QED) is 0.305. The molecule has 1 aromatic rings. The van der Waals surface area contributed by atoms with E-state index in [2.05, 4.69) is 10.1 Å². The van der Waals surface area contributed by atoms with Crippen molar-refractivity contribution in [1.29, 1.82) is 0 Å². The second-order valence-corrected chi connectivity index (χ2v) is 5.27. The Hall–Kier alpha value is -1.59. The Bertz CT molecular complexity index is 458. The van der Waals surface area contributed by atoms with Crippen LogP contribution in [0.15, 0.2) is 29.4 Å². The van der Waals surface area contributed by atoms with E-state index in [4.69, 9.17) is 16.0 Å². The van der Waals surface area contributed by atoms with Crippen LogP contribution in [-0.4, -0.2) is 40.2 Å². The number of aliphatic hydroxyl groups excluding tert-OH is 1. The summed E-state index contributed by atoms with van der Waals surface area (Å²) >= 11 is 0. The number of aliphatic hydroxyl groups is 1. The number of nitrogens with zero attached hydrogens (tertiary/aromatic N) is 2. The summed E-state index contributed by atoms with van der Waals surface area (Å²) in [6.07, 6.45) is 4.50. The summed E-state index contributed by atoms with van der Waals surface area (Å²) in [5.41, 5.74) is 7.58. The summed E-state index contributed by atoms with van der Waals surface area (Å²) in [4.78, 5) is 2.39. The Morgan fingerprint density at radius 2 is 2.10 bits per heavy atom. The molecule has 0 unspecified atom stereocenters. The topological polar surface area (TPSA) is 82.1 Å². The fourth-order valence-corrected chi connectivity index (χ4v) is 2.60. The molecule has 0 aromatic heterocycles. The van der Waals surface area contributed by atoms with Gasteiger partial charge in [0.1, 0.15) is 0 Å². The van der Waals surface area contributed by atoms with Crippen molar-refractivity contribution >= 4 is 5.84 Å². The second kappa shape index (κ2) is 7.26. The first kappa shape index (κ1) is 14.8. The third kappa shape index (κ3) is 3.49. The zero-order valence-electron chi connectivity index (χ0n) is 11.7. The fraction of sp³-hybridized carbons (Fsp3) is 0.533. The molecule has 5 heteroatoms. The molecule has 1 aliphatic rings. The number of amidine groups is 1. The molecule has 0 atom stereocenters. The van der Waals surface area contributed by atoms with Gasteiger partial charge in [-0.2, -0.15) is 0 Å². The Balaban J connectivity index is 2.13. The van der Waals surface area contributed by atoms with Crippen LogP contribution in [0.1, 0.15) is 36.8 Å². The van der Waals surface area contributed by atoms with Gasteiger partial charge in [0.25, 0.3) is 0 Å². The molecule has 1 fully saturated rings. The van der Waals surface area contributed by atoms with Crippen molar-refractivity contribution in [2.75, 3.05) is 13.2 Å². The highest BCUT2D eigenvalue weighted by Gasteiger charge is 2.25. The van der Waals surface area contributed by atoms with Crippen molar-refractivity contribution in [1.82, 2.24) is 4.90 Å². The number of oxime groups is 1. The van der Waals surface area contributed by atoms with E-state index >= 15 is 0 Å². The molecule has 0 radical (unpaired) electrons. The molecular weight excluding hydrogens is 254 g/mol. The summed E-state index contributed by atoms with van der Waals surface area (Å²) in [6.45, 7) is 1.87. The summed E-state index contributed by atoms with van der Waals surface area (Å²) in [7, 11) is 0. The minimum Gasteiger partial charge on any atom is -0.409 e. The highest BCUT2D eigenvalue weighted by molar-refractivity contribution is 5.98. The molecule has 0 saturated heterocycles. The van der Waals surface area contributed by atoms with E-state index in [1.807, 2.05) is 24.3 Å². The number of benzene rings is 1. The normalized spacial score (nSPS) is 16.4. The zero-order chi connectivity index (χ0) is 14.4. The molecular formula is C15H23N3O2. The van der Waals surface area contributed by atoms with Gasteiger partial charge in [-0.25, -0.2) is 0 Å². The molecule has 20 heavy (non-hydrogen) atoms. The lowest BCUT2D eigenvalue weighted by molar-refractivity contribution is 0.109. The van der Waals surface area contributed by atoms with Gasteiger partial charge in [0.15, 0.2) is 5.84 Å². The number of nitrogens with two attached hydrogens (primary N) is 1. The molecule has 1 aliphatic carbocycles. The maximum Gasteiger partial charge on any atom is 0.170 e. The van der Waals surface area contributed by atoms with E-state index in [0.29, 0.717) is 6.04 Å². The predicted octanol–water partition coefficient (Wildman–Crippen LogP) is 1.52. The van der Waals surface area contributed by atoms with Crippen molar-refractivity contribution in [3.05, 3.63) is 35.4 Å². The van der Waals surface area contributed by atoms with Gasteiger partial charge in [0, 0.05) is 31.3 Å².